The first-order valence-electron chi connectivity index (χ1n) is 26.7. The van der Waals surface area contributed by atoms with Gasteiger partial charge in [-0.05, 0) is 87.4 Å². The first-order chi connectivity index (χ1) is 35.8. The number of nitrogens with two attached hydrogens (primary N) is 7. The van der Waals surface area contributed by atoms with Crippen LogP contribution in [0, 0.1) is 23.2 Å². The Morgan fingerprint density at radius 2 is 1.18 bits per heavy atom. The molecule has 1 rings (SSSR count). The van der Waals surface area contributed by atoms with Gasteiger partial charge in [0, 0.05) is 19.5 Å². The molecule has 1 aliphatic heterocycles. The van der Waals surface area contributed by atoms with E-state index in [4.69, 9.17) is 40.1 Å². The van der Waals surface area contributed by atoms with Crippen molar-refractivity contribution in [3.63, 3.8) is 0 Å². The van der Waals surface area contributed by atoms with Gasteiger partial charge in [0.15, 0.2) is 11.9 Å². The lowest BCUT2D eigenvalue weighted by molar-refractivity contribution is -0.137. The summed E-state index contributed by atoms with van der Waals surface area (Å²) in [4.78, 5) is 144. The Morgan fingerprint density at radius 3 is 1.71 bits per heavy atom. The van der Waals surface area contributed by atoms with Crippen LogP contribution in [0.2, 0.25) is 0 Å². The largest absolute Gasteiger partial charge is 0.370 e. The van der Waals surface area contributed by atoms with E-state index >= 15 is 0 Å². The molecule has 0 aromatic carbocycles. The molecule has 10 atom stereocenters. The molecule has 77 heavy (non-hydrogen) atoms. The molecule has 0 saturated carbocycles. The van der Waals surface area contributed by atoms with E-state index in [0.29, 0.717) is 12.8 Å². The fourth-order valence-electron chi connectivity index (χ4n) is 8.31. The number of rotatable bonds is 29. The highest BCUT2D eigenvalue weighted by Gasteiger charge is 2.37. The Bertz CT molecular complexity index is 2050. The average molecular weight is 1090 g/mol. The fraction of sp³-hybridized carbons (Fsp3) is 0.760. The maximum atomic E-state index is 14.6. The molecule has 1 heterocycles. The summed E-state index contributed by atoms with van der Waals surface area (Å²) in [6.45, 7) is 16.6. The molecule has 27 heteroatoms. The number of hydrogen-bond acceptors (Lipinski definition) is 13. The summed E-state index contributed by atoms with van der Waals surface area (Å²) in [5, 5.41) is 21.8. The standard InChI is InChI=1S/C50H93N17O10/c1-10-28(6)38-47(77)65-35(24-27(4)5)45(75)63-31(16-11-12-17-32(43(73)67-38)61-40(70)29(51)15-13-21-58-48(54)55)41(71)62-33(18-14-22-59-49(56)57)42(72)66-36(25-50(7,8)9)46(76)64-34(23-26(2)3)44(74)60-30(39(53)69)19-20-37(52)68/h26-36,38H,10-25,51H2,1-9H3,(H2,52,68)(H2,53,69)(H,60,74)(H,61,70)(H,62,71)(H,63,75)(H,64,76)(H,65,77)(H,66,72)(H,67,73)(H4,54,55,58)(H4,56,57,59)/t28-,29-,30-,31-,32+,33-,34-,35-,36?,38-/m0/s1. The minimum Gasteiger partial charge on any atom is -0.370 e. The van der Waals surface area contributed by atoms with E-state index in [-0.39, 0.29) is 114 Å². The second kappa shape index (κ2) is 34.1. The Kier molecular flexibility index (Phi) is 30.2. The van der Waals surface area contributed by atoms with Gasteiger partial charge in [0.2, 0.25) is 59.1 Å². The third kappa shape index (κ3) is 27.7. The van der Waals surface area contributed by atoms with Gasteiger partial charge in [0.25, 0.3) is 0 Å². The van der Waals surface area contributed by atoms with E-state index in [2.05, 4.69) is 52.5 Å². The van der Waals surface area contributed by atoms with Crippen molar-refractivity contribution in [1.29, 1.82) is 0 Å². The molecule has 27 nitrogen and oxygen atoms in total. The van der Waals surface area contributed by atoms with Crippen LogP contribution in [0.4, 0.5) is 0 Å². The van der Waals surface area contributed by atoms with Crippen LogP contribution in [0.15, 0.2) is 9.98 Å². The summed E-state index contributed by atoms with van der Waals surface area (Å²) in [6, 6.07) is -10.9. The summed E-state index contributed by atoms with van der Waals surface area (Å²) in [5.74, 6) is -8.41. The van der Waals surface area contributed by atoms with Crippen molar-refractivity contribution in [2.45, 2.75) is 207 Å². The topological polar surface area (TPSA) is 474 Å². The maximum Gasteiger partial charge on any atom is 0.243 e. The quantitative estimate of drug-likeness (QED) is 0.0204. The zero-order valence-corrected chi connectivity index (χ0v) is 46.8. The van der Waals surface area contributed by atoms with Gasteiger partial charge >= 0.3 is 0 Å². The monoisotopic (exact) mass is 1090 g/mol. The molecule has 1 fully saturated rings. The van der Waals surface area contributed by atoms with Crippen LogP contribution in [0.3, 0.4) is 0 Å². The van der Waals surface area contributed by atoms with Crippen LogP contribution in [-0.4, -0.2) is 138 Å². The summed E-state index contributed by atoms with van der Waals surface area (Å²) in [6.07, 6.45) is 1.44. The van der Waals surface area contributed by atoms with E-state index in [0.717, 1.165) is 0 Å². The summed E-state index contributed by atoms with van der Waals surface area (Å²) in [7, 11) is 0. The maximum absolute atomic E-state index is 14.6. The number of amides is 10. The number of carbonyl (C=O) groups is 10. The molecule has 0 aromatic heterocycles. The summed E-state index contributed by atoms with van der Waals surface area (Å²) >= 11 is 0. The van der Waals surface area contributed by atoms with Crippen molar-refractivity contribution >= 4 is 71.0 Å². The van der Waals surface area contributed by atoms with Gasteiger partial charge in [-0.15, -0.1) is 0 Å². The lowest BCUT2D eigenvalue weighted by atomic mass is 9.87. The van der Waals surface area contributed by atoms with E-state index in [1.54, 1.807) is 20.8 Å². The van der Waals surface area contributed by atoms with E-state index in [1.165, 1.54) is 0 Å². The highest BCUT2D eigenvalue weighted by molar-refractivity contribution is 5.98. The van der Waals surface area contributed by atoms with Gasteiger partial charge in [-0.1, -0.05) is 81.6 Å². The highest BCUT2D eigenvalue weighted by atomic mass is 16.2. The second-order valence-corrected chi connectivity index (χ2v) is 22.0. The van der Waals surface area contributed by atoms with Crippen molar-refractivity contribution in [3.05, 3.63) is 0 Å². The second-order valence-electron chi connectivity index (χ2n) is 22.0. The molecule has 1 aliphatic rings. The number of primary amides is 2. The number of aliphatic imine (C=N–C) groups is 2. The van der Waals surface area contributed by atoms with Crippen LogP contribution < -0.4 is 82.7 Å². The minimum atomic E-state index is -1.36. The van der Waals surface area contributed by atoms with Crippen LogP contribution in [0.5, 0.6) is 0 Å². The molecule has 0 radical (unpaired) electrons. The van der Waals surface area contributed by atoms with Gasteiger partial charge < -0.3 is 82.7 Å². The molecular weight excluding hydrogens is 999 g/mol. The van der Waals surface area contributed by atoms with Crippen molar-refractivity contribution in [3.8, 4) is 0 Å². The molecule has 0 aliphatic carbocycles. The van der Waals surface area contributed by atoms with Crippen LogP contribution in [0.25, 0.3) is 0 Å². The zero-order valence-electron chi connectivity index (χ0n) is 46.8. The lowest BCUT2D eigenvalue weighted by Crippen LogP contribution is -2.61. The summed E-state index contributed by atoms with van der Waals surface area (Å²) in [5.41, 5.74) is 38.3. The van der Waals surface area contributed by atoms with Crippen LogP contribution in [-0.2, 0) is 47.9 Å². The smallest absolute Gasteiger partial charge is 0.243 e. The Morgan fingerprint density at radius 1 is 0.636 bits per heavy atom. The number of hydrogen-bond donors (Lipinski definition) is 15. The van der Waals surface area contributed by atoms with Gasteiger partial charge in [-0.2, -0.15) is 0 Å². The first-order valence-corrected chi connectivity index (χ1v) is 26.7. The first kappa shape index (κ1) is 68.2. The third-order valence-electron chi connectivity index (χ3n) is 12.6. The van der Waals surface area contributed by atoms with Crippen LogP contribution >= 0.6 is 0 Å². The Labute approximate surface area is 453 Å². The van der Waals surface area contributed by atoms with Crippen molar-refractivity contribution in [1.82, 2.24) is 42.5 Å². The number of carbonyl (C=O) groups excluding carboxylic acids is 10. The third-order valence-corrected chi connectivity index (χ3v) is 12.6. The van der Waals surface area contributed by atoms with E-state index < -0.39 is 125 Å². The molecule has 10 amide bonds. The SMILES string of the molecule is CC[C@H](C)[C@@H]1NC(=O)[C@H](NC(=O)[C@@H](N)CCCN=C(N)N)CCCC[C@@H](C(=O)N[C@@H](CCCN=C(N)N)C(=O)NC(CC(C)(C)C)C(=O)N[C@@H](CC(C)C)C(=O)N[C@@H](CCC(N)=O)C(N)=O)NC(=O)[C@H](CC(C)C)NC1=O. The number of guanidine groups is 2. The molecule has 0 spiro atoms. The summed E-state index contributed by atoms with van der Waals surface area (Å²) < 4.78 is 0. The molecule has 1 saturated heterocycles. The number of nitrogens with zero attached hydrogens (tertiary/aromatic N) is 2. The zero-order chi connectivity index (χ0) is 58.7. The van der Waals surface area contributed by atoms with Gasteiger partial charge in [0.05, 0.1) is 6.04 Å². The van der Waals surface area contributed by atoms with Crippen molar-refractivity contribution in [2.24, 2.45) is 73.3 Å². The number of nitrogens with one attached hydrogen (secondary N) is 8. The lowest BCUT2D eigenvalue weighted by Gasteiger charge is -2.31. The average Bonchev–Trinajstić information content (AvgIpc) is 3.31. The molecule has 438 valence electrons. The highest BCUT2D eigenvalue weighted by Crippen LogP contribution is 2.22. The van der Waals surface area contributed by atoms with Gasteiger partial charge in [-0.25, -0.2) is 0 Å². The molecule has 1 unspecified atom stereocenters. The minimum absolute atomic E-state index is 0.0299. The van der Waals surface area contributed by atoms with Crippen LogP contribution in [0.1, 0.15) is 152 Å². The normalized spacial score (nSPS) is 19.9. The van der Waals surface area contributed by atoms with Crippen molar-refractivity contribution in [2.75, 3.05) is 13.1 Å². The molecule has 0 bridgehead atoms. The Hall–Kier alpha value is -6.80. The predicted molar refractivity (Wildman–Crippen MR) is 292 cm³/mol. The predicted octanol–water partition coefficient (Wildman–Crippen LogP) is -2.80. The molecule has 0 aromatic rings. The molecular formula is C50H93N17O10. The van der Waals surface area contributed by atoms with Gasteiger partial charge in [0.1, 0.15) is 48.3 Å². The molecule has 22 N–H and O–H groups in total. The fourth-order valence-corrected chi connectivity index (χ4v) is 8.31. The van der Waals surface area contributed by atoms with Gasteiger partial charge in [-0.3, -0.25) is 57.9 Å². The van der Waals surface area contributed by atoms with E-state index in [9.17, 15) is 47.9 Å². The van der Waals surface area contributed by atoms with E-state index in [1.807, 2.05) is 41.5 Å². The Balaban J connectivity index is 3.74. The van der Waals surface area contributed by atoms with Crippen molar-refractivity contribution < 1.29 is 47.9 Å².